The topological polar surface area (TPSA) is 15.3 Å². The minimum absolute atomic E-state index is 0.844. The van der Waals surface area contributed by atoms with Crippen molar-refractivity contribution in [3.63, 3.8) is 0 Å². The number of thiophene rings is 1. The molecule has 0 aliphatic carbocycles. The Kier molecular flexibility index (Phi) is 6.78. The minimum Gasteiger partial charge on any atom is -0.384 e. The first-order valence-corrected chi connectivity index (χ1v) is 15.8. The Bertz CT molecular complexity index is 2070. The van der Waals surface area contributed by atoms with Crippen LogP contribution in [0.4, 0.5) is 11.4 Å². The Hall–Kier alpha value is -5.38. The number of fused-ring (bicyclic) bond motifs is 3. The van der Waals surface area contributed by atoms with Gasteiger partial charge in [-0.15, -0.1) is 11.3 Å². The maximum absolute atomic E-state index is 3.57. The first-order valence-electron chi connectivity index (χ1n) is 15.0. The normalized spacial score (nSPS) is 12.3. The molecule has 1 aromatic heterocycles. The molecule has 0 radical (unpaired) electrons. The average Bonchev–Trinajstić information content (AvgIpc) is 3.49. The molecule has 6 aromatic carbocycles. The van der Waals surface area contributed by atoms with Crippen molar-refractivity contribution in [2.24, 2.45) is 0 Å². The number of nitrogens with one attached hydrogen (secondary N) is 1. The fourth-order valence-corrected chi connectivity index (χ4v) is 7.30. The van der Waals surface area contributed by atoms with Crippen molar-refractivity contribution >= 4 is 38.5 Å². The third-order valence-electron chi connectivity index (χ3n) is 8.35. The highest BCUT2D eigenvalue weighted by Gasteiger charge is 2.25. The lowest BCUT2D eigenvalue weighted by atomic mass is 9.99. The molecule has 3 heteroatoms. The van der Waals surface area contributed by atoms with Crippen molar-refractivity contribution in [2.75, 3.05) is 4.90 Å². The standard InChI is InChI=1S/C41H30N2S/c1-3-9-29(10-4-1)31-15-17-32(18-16-31)34-21-25-36(26-22-34)43(35-23-19-33(20-24-35)30-11-5-2-6-12-30)38-27-42-28-40-41(38)37-13-7-8-14-39(37)44-40/h1-27,42H,28H2. The number of hydrogen-bond acceptors (Lipinski definition) is 3. The summed E-state index contributed by atoms with van der Waals surface area (Å²) in [4.78, 5) is 3.76. The molecule has 1 aliphatic rings. The summed E-state index contributed by atoms with van der Waals surface area (Å²) in [6, 6.07) is 56.6. The Balaban J connectivity index is 1.19. The number of hydrogen-bond donors (Lipinski definition) is 1. The van der Waals surface area contributed by atoms with E-state index in [-0.39, 0.29) is 0 Å². The third-order valence-corrected chi connectivity index (χ3v) is 9.52. The van der Waals surface area contributed by atoms with Crippen LogP contribution in [-0.2, 0) is 6.54 Å². The van der Waals surface area contributed by atoms with Gasteiger partial charge in [0.05, 0.1) is 5.70 Å². The fraction of sp³-hybridized carbons (Fsp3) is 0.0244. The maximum atomic E-state index is 3.57. The lowest BCUT2D eigenvalue weighted by molar-refractivity contribution is 0.867. The highest BCUT2D eigenvalue weighted by molar-refractivity contribution is 7.19. The van der Waals surface area contributed by atoms with Gasteiger partial charge in [-0.3, -0.25) is 0 Å². The number of anilines is 2. The molecule has 0 unspecified atom stereocenters. The predicted molar refractivity (Wildman–Crippen MR) is 188 cm³/mol. The lowest BCUT2D eigenvalue weighted by Gasteiger charge is -2.31. The van der Waals surface area contributed by atoms with E-state index in [0.717, 1.165) is 23.6 Å². The van der Waals surface area contributed by atoms with E-state index in [1.54, 1.807) is 0 Å². The van der Waals surface area contributed by atoms with Crippen molar-refractivity contribution in [3.05, 3.63) is 174 Å². The molecule has 8 rings (SSSR count). The first-order chi connectivity index (χ1) is 21.8. The van der Waals surface area contributed by atoms with Gasteiger partial charge in [-0.25, -0.2) is 0 Å². The molecule has 0 saturated carbocycles. The van der Waals surface area contributed by atoms with Crippen LogP contribution in [0.25, 0.3) is 49.2 Å². The van der Waals surface area contributed by atoms with Gasteiger partial charge in [0, 0.05) is 44.6 Å². The van der Waals surface area contributed by atoms with Crippen LogP contribution in [0.5, 0.6) is 0 Å². The third kappa shape index (κ3) is 4.88. The smallest absolute Gasteiger partial charge is 0.0708 e. The minimum atomic E-state index is 0.844. The molecule has 0 saturated heterocycles. The van der Waals surface area contributed by atoms with E-state index in [1.165, 1.54) is 53.9 Å². The summed E-state index contributed by atoms with van der Waals surface area (Å²) in [6.07, 6.45) is 2.18. The molecule has 0 bridgehead atoms. The number of nitrogens with zero attached hydrogens (tertiary/aromatic N) is 1. The van der Waals surface area contributed by atoms with Crippen molar-refractivity contribution < 1.29 is 0 Å². The van der Waals surface area contributed by atoms with Gasteiger partial charge >= 0.3 is 0 Å². The molecule has 210 valence electrons. The van der Waals surface area contributed by atoms with Crippen molar-refractivity contribution in [1.29, 1.82) is 0 Å². The van der Waals surface area contributed by atoms with Gasteiger partial charge < -0.3 is 10.2 Å². The summed E-state index contributed by atoms with van der Waals surface area (Å²) in [5, 5.41) is 4.88. The van der Waals surface area contributed by atoms with Crippen LogP contribution in [0.2, 0.25) is 0 Å². The van der Waals surface area contributed by atoms with Crippen molar-refractivity contribution in [3.8, 4) is 33.4 Å². The molecule has 2 nitrogen and oxygen atoms in total. The number of benzene rings is 6. The van der Waals surface area contributed by atoms with Gasteiger partial charge in [0.2, 0.25) is 0 Å². The average molecular weight is 583 g/mol. The molecule has 0 amide bonds. The second-order valence-corrected chi connectivity index (χ2v) is 12.2. The first kappa shape index (κ1) is 26.3. The van der Waals surface area contributed by atoms with Crippen LogP contribution in [0.15, 0.2) is 164 Å². The van der Waals surface area contributed by atoms with E-state index in [2.05, 4.69) is 174 Å². The summed E-state index contributed by atoms with van der Waals surface area (Å²) in [6.45, 7) is 0.844. The molecule has 0 fully saturated rings. The van der Waals surface area contributed by atoms with E-state index in [4.69, 9.17) is 0 Å². The van der Waals surface area contributed by atoms with Gasteiger partial charge in [0.25, 0.3) is 0 Å². The SMILES string of the molecule is C1=C(N(c2ccc(-c3ccccc3)cc2)c2ccc(-c3ccc(-c4ccccc4)cc3)cc2)c2c(sc3ccccc23)CN1. The van der Waals surface area contributed by atoms with E-state index in [0.29, 0.717) is 0 Å². The van der Waals surface area contributed by atoms with Crippen molar-refractivity contribution in [2.45, 2.75) is 6.54 Å². The van der Waals surface area contributed by atoms with Gasteiger partial charge in [-0.1, -0.05) is 127 Å². The lowest BCUT2D eigenvalue weighted by Crippen LogP contribution is -2.22. The Morgan fingerprint density at radius 3 is 1.41 bits per heavy atom. The van der Waals surface area contributed by atoms with Gasteiger partial charge in [-0.2, -0.15) is 0 Å². The quantitative estimate of drug-likeness (QED) is 0.210. The molecule has 7 aromatic rings. The Labute approximate surface area is 262 Å². The molecule has 2 heterocycles. The summed E-state index contributed by atoms with van der Waals surface area (Å²) >= 11 is 1.88. The molecule has 0 atom stereocenters. The fourth-order valence-electron chi connectivity index (χ4n) is 6.14. The summed E-state index contributed by atoms with van der Waals surface area (Å²) in [5.41, 5.74) is 12.0. The van der Waals surface area contributed by atoms with Crippen LogP contribution >= 0.6 is 11.3 Å². The van der Waals surface area contributed by atoms with Crippen molar-refractivity contribution in [1.82, 2.24) is 5.32 Å². The molecule has 0 spiro atoms. The van der Waals surface area contributed by atoms with E-state index in [9.17, 15) is 0 Å². The largest absolute Gasteiger partial charge is 0.384 e. The van der Waals surface area contributed by atoms with Gasteiger partial charge in [-0.05, 0) is 63.7 Å². The molecular weight excluding hydrogens is 553 g/mol. The molecule has 1 aliphatic heterocycles. The second-order valence-electron chi connectivity index (χ2n) is 11.0. The highest BCUT2D eigenvalue weighted by Crippen LogP contribution is 2.44. The van der Waals surface area contributed by atoms with E-state index < -0.39 is 0 Å². The molecular formula is C41H30N2S. The zero-order chi connectivity index (χ0) is 29.3. The van der Waals surface area contributed by atoms with Crippen LogP contribution in [-0.4, -0.2) is 0 Å². The molecule has 44 heavy (non-hydrogen) atoms. The second kappa shape index (κ2) is 11.4. The zero-order valence-corrected chi connectivity index (χ0v) is 25.0. The zero-order valence-electron chi connectivity index (χ0n) is 24.2. The summed E-state index contributed by atoms with van der Waals surface area (Å²) < 4.78 is 1.32. The van der Waals surface area contributed by atoms with Crippen LogP contribution in [0.1, 0.15) is 10.4 Å². The summed E-state index contributed by atoms with van der Waals surface area (Å²) in [5.74, 6) is 0. The predicted octanol–water partition coefficient (Wildman–Crippen LogP) is 11.1. The van der Waals surface area contributed by atoms with E-state index in [1.807, 2.05) is 11.3 Å². The van der Waals surface area contributed by atoms with Crippen LogP contribution < -0.4 is 10.2 Å². The molecule has 1 N–H and O–H groups in total. The maximum Gasteiger partial charge on any atom is 0.0708 e. The van der Waals surface area contributed by atoms with Crippen LogP contribution in [0, 0.1) is 0 Å². The van der Waals surface area contributed by atoms with Gasteiger partial charge in [0.15, 0.2) is 0 Å². The van der Waals surface area contributed by atoms with Gasteiger partial charge in [0.1, 0.15) is 0 Å². The Morgan fingerprint density at radius 1 is 0.455 bits per heavy atom. The van der Waals surface area contributed by atoms with E-state index >= 15 is 0 Å². The Morgan fingerprint density at radius 2 is 0.886 bits per heavy atom. The van der Waals surface area contributed by atoms with Crippen LogP contribution in [0.3, 0.4) is 0 Å². The number of rotatable bonds is 6. The summed E-state index contributed by atoms with van der Waals surface area (Å²) in [7, 11) is 0. The monoisotopic (exact) mass is 582 g/mol. The highest BCUT2D eigenvalue weighted by atomic mass is 32.1.